The predicted molar refractivity (Wildman–Crippen MR) is 77.7 cm³/mol. The zero-order valence-electron chi connectivity index (χ0n) is 12.1. The van der Waals surface area contributed by atoms with E-state index in [1.54, 1.807) is 24.0 Å². The molecule has 0 bridgehead atoms. The zero-order valence-corrected chi connectivity index (χ0v) is 12.1. The molecule has 2 N–H and O–H groups in total. The number of amides is 3. The number of nitrogens with one attached hydrogen (secondary N) is 2. The lowest BCUT2D eigenvalue weighted by atomic mass is 10.1. The molecule has 1 heterocycles. The number of carbonyl (C=O) groups is 2. The lowest BCUT2D eigenvalue weighted by Crippen LogP contribution is -2.41. The third-order valence-corrected chi connectivity index (χ3v) is 3.51. The standard InChI is InChI=1S/C15H20FN3O2/c1-11-4-5-12(10-13(11)16)14(20)17-6-7-18-15(21)19-8-2-3-9-19/h4-5,10H,2-3,6-9H2,1H3,(H,17,20)(H,18,21). The van der Waals surface area contributed by atoms with E-state index < -0.39 is 5.82 Å². The SMILES string of the molecule is Cc1ccc(C(=O)NCCNC(=O)N2CCCC2)cc1F. The maximum atomic E-state index is 13.4. The summed E-state index contributed by atoms with van der Waals surface area (Å²) in [5.41, 5.74) is 0.786. The van der Waals surface area contributed by atoms with E-state index in [9.17, 15) is 14.0 Å². The highest BCUT2D eigenvalue weighted by Gasteiger charge is 2.17. The maximum Gasteiger partial charge on any atom is 0.317 e. The molecule has 2 rings (SSSR count). The highest BCUT2D eigenvalue weighted by atomic mass is 19.1. The van der Waals surface area contributed by atoms with Gasteiger partial charge in [-0.15, -0.1) is 0 Å². The van der Waals surface area contributed by atoms with Crippen molar-refractivity contribution in [1.29, 1.82) is 0 Å². The molecular formula is C15H20FN3O2. The fourth-order valence-electron chi connectivity index (χ4n) is 2.21. The van der Waals surface area contributed by atoms with Crippen LogP contribution in [-0.2, 0) is 0 Å². The van der Waals surface area contributed by atoms with Crippen molar-refractivity contribution >= 4 is 11.9 Å². The minimum Gasteiger partial charge on any atom is -0.350 e. The summed E-state index contributed by atoms with van der Waals surface area (Å²) in [5, 5.41) is 5.40. The van der Waals surface area contributed by atoms with Crippen molar-refractivity contribution in [3.05, 3.63) is 35.1 Å². The summed E-state index contributed by atoms with van der Waals surface area (Å²) in [7, 11) is 0. The molecule has 21 heavy (non-hydrogen) atoms. The van der Waals surface area contributed by atoms with Crippen molar-refractivity contribution in [2.75, 3.05) is 26.2 Å². The normalized spacial score (nSPS) is 14.1. The molecule has 0 saturated carbocycles. The largest absolute Gasteiger partial charge is 0.350 e. The lowest BCUT2D eigenvalue weighted by molar-refractivity contribution is 0.0953. The number of rotatable bonds is 4. The molecule has 5 nitrogen and oxygen atoms in total. The van der Waals surface area contributed by atoms with Crippen molar-refractivity contribution in [3.63, 3.8) is 0 Å². The van der Waals surface area contributed by atoms with Gasteiger partial charge in [0.25, 0.3) is 5.91 Å². The molecule has 3 amide bonds. The van der Waals surface area contributed by atoms with Crippen LogP contribution in [0, 0.1) is 12.7 Å². The van der Waals surface area contributed by atoms with Gasteiger partial charge in [0.2, 0.25) is 0 Å². The topological polar surface area (TPSA) is 61.4 Å². The summed E-state index contributed by atoms with van der Waals surface area (Å²) in [6.45, 7) is 3.90. The quantitative estimate of drug-likeness (QED) is 0.830. The third kappa shape index (κ3) is 4.18. The number of hydrogen-bond donors (Lipinski definition) is 2. The van der Waals surface area contributed by atoms with Crippen molar-refractivity contribution in [2.24, 2.45) is 0 Å². The summed E-state index contributed by atoms with van der Waals surface area (Å²) in [6, 6.07) is 4.27. The molecule has 0 radical (unpaired) electrons. The predicted octanol–water partition coefficient (Wildman–Crippen LogP) is 1.67. The van der Waals surface area contributed by atoms with Gasteiger partial charge in [-0.25, -0.2) is 9.18 Å². The molecule has 0 unspecified atom stereocenters. The van der Waals surface area contributed by atoms with E-state index in [0.717, 1.165) is 25.9 Å². The molecule has 1 aromatic rings. The Bertz CT molecular complexity index is 528. The number of aryl methyl sites for hydroxylation is 1. The van der Waals surface area contributed by atoms with Gasteiger partial charge in [0.1, 0.15) is 5.82 Å². The number of nitrogens with zero attached hydrogens (tertiary/aromatic N) is 1. The highest BCUT2D eigenvalue weighted by Crippen LogP contribution is 2.09. The number of likely N-dealkylation sites (tertiary alicyclic amines) is 1. The molecule has 1 saturated heterocycles. The summed E-state index contributed by atoms with van der Waals surface area (Å²) in [6.07, 6.45) is 2.09. The van der Waals surface area contributed by atoms with Crippen LogP contribution in [0.2, 0.25) is 0 Å². The van der Waals surface area contributed by atoms with Gasteiger partial charge in [-0.3, -0.25) is 4.79 Å². The van der Waals surface area contributed by atoms with Crippen LogP contribution in [-0.4, -0.2) is 43.0 Å². The van der Waals surface area contributed by atoms with Crippen molar-refractivity contribution in [1.82, 2.24) is 15.5 Å². The first-order valence-corrected chi connectivity index (χ1v) is 7.15. The van der Waals surface area contributed by atoms with Crippen LogP contribution in [0.5, 0.6) is 0 Å². The second kappa shape index (κ2) is 7.06. The van der Waals surface area contributed by atoms with Gasteiger partial charge in [0, 0.05) is 31.7 Å². The monoisotopic (exact) mass is 293 g/mol. The average Bonchev–Trinajstić information content (AvgIpc) is 3.00. The third-order valence-electron chi connectivity index (χ3n) is 3.51. The molecule has 1 aromatic carbocycles. The van der Waals surface area contributed by atoms with E-state index in [2.05, 4.69) is 10.6 Å². The Kier molecular flexibility index (Phi) is 5.14. The van der Waals surface area contributed by atoms with Crippen molar-refractivity contribution < 1.29 is 14.0 Å². The molecular weight excluding hydrogens is 273 g/mol. The van der Waals surface area contributed by atoms with Gasteiger partial charge in [-0.1, -0.05) is 6.07 Å². The van der Waals surface area contributed by atoms with Crippen LogP contribution < -0.4 is 10.6 Å². The Morgan fingerprint density at radius 1 is 1.19 bits per heavy atom. The average molecular weight is 293 g/mol. The number of carbonyl (C=O) groups excluding carboxylic acids is 2. The summed E-state index contributed by atoms with van der Waals surface area (Å²) in [5.74, 6) is -0.741. The van der Waals surface area contributed by atoms with E-state index in [1.165, 1.54) is 6.07 Å². The van der Waals surface area contributed by atoms with Crippen LogP contribution in [0.4, 0.5) is 9.18 Å². The maximum absolute atomic E-state index is 13.4. The van der Waals surface area contributed by atoms with E-state index in [4.69, 9.17) is 0 Å². The smallest absolute Gasteiger partial charge is 0.317 e. The Hall–Kier alpha value is -2.11. The van der Waals surface area contributed by atoms with Gasteiger partial charge in [-0.2, -0.15) is 0 Å². The van der Waals surface area contributed by atoms with Crippen LogP contribution in [0.25, 0.3) is 0 Å². The molecule has 0 aliphatic carbocycles. The van der Waals surface area contributed by atoms with Gasteiger partial charge >= 0.3 is 6.03 Å². The molecule has 114 valence electrons. The number of hydrogen-bond acceptors (Lipinski definition) is 2. The summed E-state index contributed by atoms with van der Waals surface area (Å²) >= 11 is 0. The highest BCUT2D eigenvalue weighted by molar-refractivity contribution is 5.94. The summed E-state index contributed by atoms with van der Waals surface area (Å²) < 4.78 is 13.4. The van der Waals surface area contributed by atoms with Crippen molar-refractivity contribution in [3.8, 4) is 0 Å². The van der Waals surface area contributed by atoms with E-state index in [-0.39, 0.29) is 17.5 Å². The summed E-state index contributed by atoms with van der Waals surface area (Å²) in [4.78, 5) is 25.3. The van der Waals surface area contributed by atoms with Gasteiger partial charge in [0.15, 0.2) is 0 Å². The Morgan fingerprint density at radius 2 is 1.86 bits per heavy atom. The Morgan fingerprint density at radius 3 is 2.52 bits per heavy atom. The fourth-order valence-corrected chi connectivity index (χ4v) is 2.21. The first-order valence-electron chi connectivity index (χ1n) is 7.15. The Balaban J connectivity index is 1.71. The molecule has 0 aromatic heterocycles. The van der Waals surface area contributed by atoms with E-state index in [1.807, 2.05) is 0 Å². The molecule has 0 spiro atoms. The second-order valence-corrected chi connectivity index (χ2v) is 5.15. The first-order chi connectivity index (χ1) is 10.1. The number of halogens is 1. The molecule has 1 aliphatic rings. The van der Waals surface area contributed by atoms with E-state index in [0.29, 0.717) is 18.7 Å². The fraction of sp³-hybridized carbons (Fsp3) is 0.467. The molecule has 1 fully saturated rings. The van der Waals surface area contributed by atoms with Crippen LogP contribution in [0.15, 0.2) is 18.2 Å². The van der Waals surface area contributed by atoms with Gasteiger partial charge < -0.3 is 15.5 Å². The molecule has 0 atom stereocenters. The minimum atomic E-state index is -0.398. The van der Waals surface area contributed by atoms with Crippen LogP contribution >= 0.6 is 0 Å². The Labute approximate surface area is 123 Å². The molecule has 1 aliphatic heterocycles. The van der Waals surface area contributed by atoms with E-state index >= 15 is 0 Å². The van der Waals surface area contributed by atoms with Gasteiger partial charge in [-0.05, 0) is 37.5 Å². The number of benzene rings is 1. The minimum absolute atomic E-state index is 0.0943. The van der Waals surface area contributed by atoms with Crippen LogP contribution in [0.1, 0.15) is 28.8 Å². The first kappa shape index (κ1) is 15.3. The second-order valence-electron chi connectivity index (χ2n) is 5.15. The number of urea groups is 1. The van der Waals surface area contributed by atoms with Crippen LogP contribution in [0.3, 0.4) is 0 Å². The lowest BCUT2D eigenvalue weighted by Gasteiger charge is -2.16. The zero-order chi connectivity index (χ0) is 15.2. The van der Waals surface area contributed by atoms with Gasteiger partial charge in [0.05, 0.1) is 0 Å². The molecule has 6 heteroatoms. The van der Waals surface area contributed by atoms with Crippen molar-refractivity contribution in [2.45, 2.75) is 19.8 Å².